The van der Waals surface area contributed by atoms with Gasteiger partial charge < -0.3 is 10.6 Å². The molecule has 2 unspecified atom stereocenters. The lowest BCUT2D eigenvalue weighted by atomic mass is 10.1. The van der Waals surface area contributed by atoms with Gasteiger partial charge in [0.25, 0.3) is 0 Å². The van der Waals surface area contributed by atoms with E-state index < -0.39 is 0 Å². The summed E-state index contributed by atoms with van der Waals surface area (Å²) in [6, 6.07) is 2.31. The van der Waals surface area contributed by atoms with Gasteiger partial charge in [0, 0.05) is 12.6 Å². The molecule has 0 aliphatic heterocycles. The maximum Gasteiger partial charge on any atom is 0.236 e. The second kappa shape index (κ2) is 6.66. The third kappa shape index (κ3) is 4.33. The monoisotopic (exact) mass is 240 g/mol. The van der Waals surface area contributed by atoms with Crippen LogP contribution in [0.5, 0.6) is 0 Å². The molecule has 2 N–H and O–H groups in total. The van der Waals surface area contributed by atoms with E-state index in [9.17, 15) is 4.79 Å². The molecule has 0 aliphatic carbocycles. The van der Waals surface area contributed by atoms with E-state index in [2.05, 4.69) is 34.4 Å². The minimum absolute atomic E-state index is 0.0691. The Morgan fingerprint density at radius 1 is 1.50 bits per heavy atom. The normalized spacial score (nSPS) is 14.4. The summed E-state index contributed by atoms with van der Waals surface area (Å²) in [4.78, 5) is 11.5. The molecule has 1 aromatic rings. The van der Waals surface area contributed by atoms with Crippen molar-refractivity contribution in [3.63, 3.8) is 0 Å². The molecule has 1 amide bonds. The predicted molar refractivity (Wildman–Crippen MR) is 68.8 cm³/mol. The van der Waals surface area contributed by atoms with Gasteiger partial charge in [-0.05, 0) is 49.6 Å². The summed E-state index contributed by atoms with van der Waals surface area (Å²) in [5.74, 6) is 0.0691. The largest absolute Gasteiger partial charge is 0.355 e. The van der Waals surface area contributed by atoms with Gasteiger partial charge in [-0.1, -0.05) is 0 Å². The molecule has 0 aromatic carbocycles. The molecule has 0 saturated carbocycles. The highest BCUT2D eigenvalue weighted by molar-refractivity contribution is 7.07. The highest BCUT2D eigenvalue weighted by atomic mass is 32.1. The Morgan fingerprint density at radius 3 is 2.81 bits per heavy atom. The highest BCUT2D eigenvalue weighted by Gasteiger charge is 2.14. The van der Waals surface area contributed by atoms with Gasteiger partial charge in [0.15, 0.2) is 0 Å². The Hall–Kier alpha value is -0.870. The summed E-state index contributed by atoms with van der Waals surface area (Å²) in [6.45, 7) is 6.62. The molecular weight excluding hydrogens is 220 g/mol. The van der Waals surface area contributed by atoms with E-state index in [0.717, 1.165) is 6.42 Å². The van der Waals surface area contributed by atoms with Crippen molar-refractivity contribution in [3.05, 3.63) is 22.4 Å². The van der Waals surface area contributed by atoms with Crippen LogP contribution in [-0.4, -0.2) is 24.5 Å². The number of hydrogen-bond acceptors (Lipinski definition) is 3. The van der Waals surface area contributed by atoms with Gasteiger partial charge in [0.1, 0.15) is 0 Å². The molecule has 3 nitrogen and oxygen atoms in total. The number of carbonyl (C=O) groups is 1. The zero-order valence-corrected chi connectivity index (χ0v) is 10.9. The summed E-state index contributed by atoms with van der Waals surface area (Å²) in [5, 5.41) is 10.3. The van der Waals surface area contributed by atoms with Crippen LogP contribution in [0.4, 0.5) is 0 Å². The van der Waals surface area contributed by atoms with Crippen molar-refractivity contribution in [2.24, 2.45) is 0 Å². The Kier molecular flexibility index (Phi) is 5.49. The fourth-order valence-corrected chi connectivity index (χ4v) is 2.33. The Balaban J connectivity index is 2.33. The first-order chi connectivity index (χ1) is 7.63. The second-order valence-corrected chi connectivity index (χ2v) is 4.80. The molecule has 0 fully saturated rings. The summed E-state index contributed by atoms with van der Waals surface area (Å²) in [5.41, 5.74) is 1.33. The van der Waals surface area contributed by atoms with E-state index in [1.165, 1.54) is 5.56 Å². The second-order valence-electron chi connectivity index (χ2n) is 4.02. The Labute approximate surface area is 101 Å². The Bertz CT molecular complexity index is 311. The minimum Gasteiger partial charge on any atom is -0.355 e. The molecule has 1 heterocycles. The maximum atomic E-state index is 11.5. The van der Waals surface area contributed by atoms with Gasteiger partial charge in [-0.15, -0.1) is 0 Å². The van der Waals surface area contributed by atoms with Crippen molar-refractivity contribution in [1.29, 1.82) is 0 Å². The first-order valence-corrected chi connectivity index (χ1v) is 6.62. The van der Waals surface area contributed by atoms with E-state index in [0.29, 0.717) is 12.6 Å². The average molecular weight is 240 g/mol. The smallest absolute Gasteiger partial charge is 0.236 e. The van der Waals surface area contributed by atoms with Crippen LogP contribution in [0.3, 0.4) is 0 Å². The third-order valence-corrected chi connectivity index (χ3v) is 3.13. The number of hydrogen-bond donors (Lipinski definition) is 2. The number of thiophene rings is 1. The third-order valence-electron chi connectivity index (χ3n) is 2.40. The highest BCUT2D eigenvalue weighted by Crippen LogP contribution is 2.08. The number of amides is 1. The summed E-state index contributed by atoms with van der Waals surface area (Å²) in [6.07, 6.45) is 0.966. The van der Waals surface area contributed by atoms with Crippen LogP contribution < -0.4 is 10.6 Å². The molecule has 0 saturated heterocycles. The quantitative estimate of drug-likeness (QED) is 0.796. The van der Waals surface area contributed by atoms with Crippen LogP contribution in [0.15, 0.2) is 16.8 Å². The SMILES string of the molecule is CCNC(=O)C(C)NC(C)Cc1ccsc1. The van der Waals surface area contributed by atoms with Gasteiger partial charge in [-0.3, -0.25) is 4.79 Å². The molecule has 2 atom stereocenters. The first-order valence-electron chi connectivity index (χ1n) is 5.68. The lowest BCUT2D eigenvalue weighted by molar-refractivity contribution is -0.122. The van der Waals surface area contributed by atoms with Crippen molar-refractivity contribution in [1.82, 2.24) is 10.6 Å². The van der Waals surface area contributed by atoms with E-state index >= 15 is 0 Å². The van der Waals surface area contributed by atoms with Gasteiger partial charge in [-0.25, -0.2) is 0 Å². The minimum atomic E-state index is -0.131. The van der Waals surface area contributed by atoms with Gasteiger partial charge in [0.2, 0.25) is 5.91 Å². The van der Waals surface area contributed by atoms with Gasteiger partial charge in [0.05, 0.1) is 6.04 Å². The lowest BCUT2D eigenvalue weighted by Crippen LogP contribution is -2.46. The fraction of sp³-hybridized carbons (Fsp3) is 0.583. The van der Waals surface area contributed by atoms with Crippen LogP contribution in [0.2, 0.25) is 0 Å². The summed E-state index contributed by atoms with van der Waals surface area (Å²) < 4.78 is 0. The zero-order valence-electron chi connectivity index (χ0n) is 10.1. The van der Waals surface area contributed by atoms with Gasteiger partial charge in [-0.2, -0.15) is 11.3 Å². The van der Waals surface area contributed by atoms with Crippen molar-refractivity contribution in [2.45, 2.75) is 39.3 Å². The van der Waals surface area contributed by atoms with Gasteiger partial charge >= 0.3 is 0 Å². The van der Waals surface area contributed by atoms with Crippen LogP contribution in [0.1, 0.15) is 26.3 Å². The number of rotatable bonds is 6. The predicted octanol–water partition coefficient (Wildman–Crippen LogP) is 1.79. The van der Waals surface area contributed by atoms with Crippen LogP contribution in [0, 0.1) is 0 Å². The molecular formula is C12H20N2OS. The zero-order chi connectivity index (χ0) is 12.0. The van der Waals surface area contributed by atoms with E-state index in [4.69, 9.17) is 0 Å². The van der Waals surface area contributed by atoms with Crippen LogP contribution in [0.25, 0.3) is 0 Å². The van der Waals surface area contributed by atoms with Crippen molar-refractivity contribution in [2.75, 3.05) is 6.54 Å². The topological polar surface area (TPSA) is 41.1 Å². The van der Waals surface area contributed by atoms with Crippen molar-refractivity contribution >= 4 is 17.2 Å². The molecule has 90 valence electrons. The molecule has 0 bridgehead atoms. The van der Waals surface area contributed by atoms with Crippen molar-refractivity contribution < 1.29 is 4.79 Å². The van der Waals surface area contributed by atoms with E-state index in [-0.39, 0.29) is 11.9 Å². The summed E-state index contributed by atoms with van der Waals surface area (Å²) >= 11 is 1.71. The maximum absolute atomic E-state index is 11.5. The molecule has 1 rings (SSSR count). The first kappa shape index (κ1) is 13.2. The lowest BCUT2D eigenvalue weighted by Gasteiger charge is -2.18. The Morgan fingerprint density at radius 2 is 2.25 bits per heavy atom. The molecule has 1 aromatic heterocycles. The standard InChI is InChI=1S/C12H20N2OS/c1-4-13-12(15)10(3)14-9(2)7-11-5-6-16-8-11/h5-6,8-10,14H,4,7H2,1-3H3,(H,13,15). The average Bonchev–Trinajstić information content (AvgIpc) is 2.70. The molecule has 0 spiro atoms. The van der Waals surface area contributed by atoms with Crippen LogP contribution in [-0.2, 0) is 11.2 Å². The fourth-order valence-electron chi connectivity index (χ4n) is 1.65. The molecule has 0 aliphatic rings. The number of carbonyl (C=O) groups excluding carboxylic acids is 1. The van der Waals surface area contributed by atoms with Crippen molar-refractivity contribution in [3.8, 4) is 0 Å². The molecule has 16 heavy (non-hydrogen) atoms. The van der Waals surface area contributed by atoms with Crippen LogP contribution >= 0.6 is 11.3 Å². The number of nitrogens with one attached hydrogen (secondary N) is 2. The molecule has 4 heteroatoms. The van der Waals surface area contributed by atoms with E-state index in [1.807, 2.05) is 13.8 Å². The number of likely N-dealkylation sites (N-methyl/N-ethyl adjacent to an activating group) is 1. The summed E-state index contributed by atoms with van der Waals surface area (Å²) in [7, 11) is 0. The molecule has 0 radical (unpaired) electrons. The van der Waals surface area contributed by atoms with E-state index in [1.54, 1.807) is 11.3 Å².